The number of amides is 1. The fourth-order valence-corrected chi connectivity index (χ4v) is 2.65. The number of rotatable bonds is 6. The van der Waals surface area contributed by atoms with Gasteiger partial charge >= 0.3 is 0 Å². The minimum Gasteiger partial charge on any atom is -0.493 e. The number of carbonyl (C=O) groups is 1. The van der Waals surface area contributed by atoms with Gasteiger partial charge in [0.1, 0.15) is 0 Å². The van der Waals surface area contributed by atoms with Crippen LogP contribution >= 0.6 is 12.4 Å². The van der Waals surface area contributed by atoms with Crippen molar-refractivity contribution in [2.75, 3.05) is 34.4 Å². The molecule has 1 aromatic carbocycles. The lowest BCUT2D eigenvalue weighted by Crippen LogP contribution is -2.40. The van der Waals surface area contributed by atoms with Crippen LogP contribution in [0, 0.1) is 5.92 Å². The Kier molecular flexibility index (Phi) is 7.98. The minimum atomic E-state index is 0. The summed E-state index contributed by atoms with van der Waals surface area (Å²) in [4.78, 5) is 12.2. The largest absolute Gasteiger partial charge is 0.493 e. The maximum Gasteiger partial charge on any atom is 0.224 e. The summed E-state index contributed by atoms with van der Waals surface area (Å²) in [5, 5.41) is 6.23. The van der Waals surface area contributed by atoms with Gasteiger partial charge in [0.25, 0.3) is 0 Å². The number of hydrogen-bond donors (Lipinski definition) is 2. The zero-order valence-electron chi connectivity index (χ0n) is 13.8. The van der Waals surface area contributed by atoms with E-state index in [1.807, 2.05) is 12.1 Å². The van der Waals surface area contributed by atoms with E-state index in [-0.39, 0.29) is 24.2 Å². The second-order valence-corrected chi connectivity index (χ2v) is 5.29. The second-order valence-electron chi connectivity index (χ2n) is 5.29. The lowest BCUT2D eigenvalue weighted by Gasteiger charge is -2.22. The van der Waals surface area contributed by atoms with Crippen LogP contribution in [0.4, 0.5) is 0 Å². The van der Waals surface area contributed by atoms with Crippen molar-refractivity contribution in [2.45, 2.75) is 19.4 Å². The van der Waals surface area contributed by atoms with Gasteiger partial charge in [-0.1, -0.05) is 0 Å². The number of benzene rings is 1. The molecule has 1 aliphatic heterocycles. The van der Waals surface area contributed by atoms with E-state index in [9.17, 15) is 4.79 Å². The highest BCUT2D eigenvalue weighted by Gasteiger charge is 2.21. The van der Waals surface area contributed by atoms with Crippen LogP contribution in [-0.4, -0.2) is 40.3 Å². The summed E-state index contributed by atoms with van der Waals surface area (Å²) < 4.78 is 15.9. The molecular weight excluding hydrogens is 320 g/mol. The predicted molar refractivity (Wildman–Crippen MR) is 90.8 cm³/mol. The third-order valence-corrected chi connectivity index (χ3v) is 3.86. The topological polar surface area (TPSA) is 68.8 Å². The molecule has 1 fully saturated rings. The van der Waals surface area contributed by atoms with Crippen molar-refractivity contribution in [1.29, 1.82) is 0 Å². The van der Waals surface area contributed by atoms with Crippen LogP contribution in [0.2, 0.25) is 0 Å². The molecule has 0 spiro atoms. The Balaban J connectivity index is 0.00000264. The summed E-state index contributed by atoms with van der Waals surface area (Å²) in [6.45, 7) is 2.18. The molecule has 2 rings (SSSR count). The molecule has 2 N–H and O–H groups in total. The molecule has 0 aromatic heterocycles. The maximum atomic E-state index is 12.2. The van der Waals surface area contributed by atoms with Crippen LogP contribution in [0.5, 0.6) is 17.2 Å². The Hall–Kier alpha value is -1.66. The van der Waals surface area contributed by atoms with Crippen LogP contribution in [0.3, 0.4) is 0 Å². The van der Waals surface area contributed by atoms with Gasteiger partial charge in [0.2, 0.25) is 11.7 Å². The quantitative estimate of drug-likeness (QED) is 0.823. The van der Waals surface area contributed by atoms with Crippen LogP contribution in [-0.2, 0) is 11.3 Å². The van der Waals surface area contributed by atoms with Gasteiger partial charge in [-0.3, -0.25) is 4.79 Å². The molecule has 1 heterocycles. The Morgan fingerprint density at radius 1 is 1.22 bits per heavy atom. The first-order valence-electron chi connectivity index (χ1n) is 7.47. The lowest BCUT2D eigenvalue weighted by molar-refractivity contribution is -0.125. The highest BCUT2D eigenvalue weighted by atomic mass is 35.5. The number of halogens is 1. The summed E-state index contributed by atoms with van der Waals surface area (Å²) in [5.41, 5.74) is 0.909. The molecule has 0 radical (unpaired) electrons. The molecule has 1 amide bonds. The molecule has 1 aliphatic rings. The van der Waals surface area contributed by atoms with Gasteiger partial charge in [-0.05, 0) is 37.1 Å². The average Bonchev–Trinajstić information content (AvgIpc) is 2.59. The third-order valence-electron chi connectivity index (χ3n) is 3.86. The predicted octanol–water partition coefficient (Wildman–Crippen LogP) is 1.75. The van der Waals surface area contributed by atoms with Crippen molar-refractivity contribution >= 4 is 18.3 Å². The van der Waals surface area contributed by atoms with Crippen LogP contribution in [0.1, 0.15) is 18.4 Å². The van der Waals surface area contributed by atoms with Gasteiger partial charge in [0.05, 0.1) is 27.2 Å². The lowest BCUT2D eigenvalue weighted by atomic mass is 9.99. The Morgan fingerprint density at radius 2 is 1.87 bits per heavy atom. The van der Waals surface area contributed by atoms with E-state index in [2.05, 4.69) is 10.6 Å². The zero-order chi connectivity index (χ0) is 15.9. The number of hydrogen-bond acceptors (Lipinski definition) is 5. The number of piperidine rings is 1. The highest BCUT2D eigenvalue weighted by Crippen LogP contribution is 2.38. The van der Waals surface area contributed by atoms with Gasteiger partial charge in [0, 0.05) is 13.1 Å². The first-order chi connectivity index (χ1) is 10.7. The molecule has 23 heavy (non-hydrogen) atoms. The van der Waals surface area contributed by atoms with Crippen LogP contribution < -0.4 is 24.8 Å². The van der Waals surface area contributed by atoms with E-state index in [0.29, 0.717) is 23.8 Å². The van der Waals surface area contributed by atoms with Crippen LogP contribution in [0.25, 0.3) is 0 Å². The summed E-state index contributed by atoms with van der Waals surface area (Å²) in [6, 6.07) is 3.70. The van der Waals surface area contributed by atoms with Gasteiger partial charge in [0.15, 0.2) is 11.5 Å². The SMILES string of the molecule is COc1cc(CNC(=O)C2CCCNC2)cc(OC)c1OC.Cl. The van der Waals surface area contributed by atoms with E-state index in [1.54, 1.807) is 21.3 Å². The smallest absolute Gasteiger partial charge is 0.224 e. The molecule has 130 valence electrons. The zero-order valence-corrected chi connectivity index (χ0v) is 14.6. The summed E-state index contributed by atoms with van der Waals surface area (Å²) in [5.74, 6) is 1.86. The Morgan fingerprint density at radius 3 is 2.35 bits per heavy atom. The fraction of sp³-hybridized carbons (Fsp3) is 0.562. The summed E-state index contributed by atoms with van der Waals surface area (Å²) in [6.07, 6.45) is 1.98. The molecule has 7 heteroatoms. The molecule has 0 aliphatic carbocycles. The number of nitrogens with one attached hydrogen (secondary N) is 2. The van der Waals surface area contributed by atoms with Crippen molar-refractivity contribution in [2.24, 2.45) is 5.92 Å². The van der Waals surface area contributed by atoms with Crippen molar-refractivity contribution in [3.8, 4) is 17.2 Å². The molecule has 1 atom stereocenters. The second kappa shape index (κ2) is 9.47. The van der Waals surface area contributed by atoms with Crippen LogP contribution in [0.15, 0.2) is 12.1 Å². The van der Waals surface area contributed by atoms with Crippen molar-refractivity contribution in [3.63, 3.8) is 0 Å². The van der Waals surface area contributed by atoms with Gasteiger partial charge in [-0.25, -0.2) is 0 Å². The molecule has 1 aromatic rings. The van der Waals surface area contributed by atoms with Gasteiger partial charge < -0.3 is 24.8 Å². The van der Waals surface area contributed by atoms with Crippen molar-refractivity contribution in [1.82, 2.24) is 10.6 Å². The average molecular weight is 345 g/mol. The Bertz CT molecular complexity index is 494. The standard InChI is InChI=1S/C16H24N2O4.ClH/c1-20-13-7-11(8-14(21-2)15(13)22-3)9-18-16(19)12-5-4-6-17-10-12;/h7-8,12,17H,4-6,9-10H2,1-3H3,(H,18,19);1H. The maximum absolute atomic E-state index is 12.2. The van der Waals surface area contributed by atoms with E-state index in [1.165, 1.54) is 0 Å². The highest BCUT2D eigenvalue weighted by molar-refractivity contribution is 5.85. The summed E-state index contributed by atoms with van der Waals surface area (Å²) >= 11 is 0. The number of ether oxygens (including phenoxy) is 3. The first-order valence-corrected chi connectivity index (χ1v) is 7.47. The van der Waals surface area contributed by atoms with Crippen molar-refractivity contribution in [3.05, 3.63) is 17.7 Å². The van der Waals surface area contributed by atoms with E-state index in [4.69, 9.17) is 14.2 Å². The normalized spacial score (nSPS) is 16.9. The summed E-state index contributed by atoms with van der Waals surface area (Å²) in [7, 11) is 4.72. The van der Waals surface area contributed by atoms with Crippen molar-refractivity contribution < 1.29 is 19.0 Å². The molecule has 1 saturated heterocycles. The molecule has 0 saturated carbocycles. The molecule has 1 unspecified atom stereocenters. The fourth-order valence-electron chi connectivity index (χ4n) is 2.65. The molecule has 6 nitrogen and oxygen atoms in total. The van der Waals surface area contributed by atoms with E-state index in [0.717, 1.165) is 31.5 Å². The minimum absolute atomic E-state index is 0. The third kappa shape index (κ3) is 4.91. The molecular formula is C16H25ClN2O4. The van der Waals surface area contributed by atoms with E-state index >= 15 is 0 Å². The number of methoxy groups -OCH3 is 3. The Labute approximate surface area is 143 Å². The monoisotopic (exact) mass is 344 g/mol. The molecule has 0 bridgehead atoms. The van der Waals surface area contributed by atoms with E-state index < -0.39 is 0 Å². The first kappa shape index (κ1) is 19.4. The number of carbonyl (C=O) groups excluding carboxylic acids is 1. The van der Waals surface area contributed by atoms with Gasteiger partial charge in [-0.15, -0.1) is 12.4 Å². The van der Waals surface area contributed by atoms with Gasteiger partial charge in [-0.2, -0.15) is 0 Å².